The first kappa shape index (κ1) is 32.6. The van der Waals surface area contributed by atoms with Crippen LogP contribution in [-0.4, -0.2) is 39.0 Å². The van der Waals surface area contributed by atoms with Gasteiger partial charge >= 0.3 is 12.1 Å². The highest BCUT2D eigenvalue weighted by atomic mass is 32.2. The lowest BCUT2D eigenvalue weighted by molar-refractivity contribution is -0.284. The molecule has 0 radical (unpaired) electrons. The average Bonchev–Trinajstić information content (AvgIpc) is 3.20. The fraction of sp³-hybridized carbons (Fsp3) is 0.781. The monoisotopic (exact) mass is 604 g/mol. The number of hydrogen-bond acceptors (Lipinski definition) is 3. The number of phenols is 1. The number of benzene rings is 1. The minimum Gasteiger partial charge on any atom is -0.616 e. The number of rotatable bonds is 14. The molecule has 41 heavy (non-hydrogen) atoms. The summed E-state index contributed by atoms with van der Waals surface area (Å²) < 4.78 is 74.5. The van der Waals surface area contributed by atoms with Gasteiger partial charge in [0, 0.05) is 18.3 Å². The Morgan fingerprint density at radius 1 is 0.976 bits per heavy atom. The van der Waals surface area contributed by atoms with Crippen LogP contribution < -0.4 is 0 Å². The molecule has 232 valence electrons. The molecule has 0 aromatic heterocycles. The van der Waals surface area contributed by atoms with E-state index in [4.69, 9.17) is 0 Å². The van der Waals surface area contributed by atoms with Crippen LogP contribution >= 0.6 is 0 Å². The van der Waals surface area contributed by atoms with Crippen molar-refractivity contribution in [2.45, 2.75) is 121 Å². The molecule has 2 fully saturated rings. The van der Waals surface area contributed by atoms with Crippen LogP contribution in [0.25, 0.3) is 0 Å². The number of phenolic OH excluding ortho intramolecular Hbond substituents is 1. The van der Waals surface area contributed by atoms with E-state index in [2.05, 4.69) is 13.0 Å². The normalized spacial score (nSPS) is 28.7. The molecule has 2 unspecified atom stereocenters. The summed E-state index contributed by atoms with van der Waals surface area (Å²) in [6.07, 6.45) is 5.56. The predicted molar refractivity (Wildman–Crippen MR) is 152 cm³/mol. The van der Waals surface area contributed by atoms with Crippen molar-refractivity contribution >= 4 is 17.0 Å². The number of carbonyl (C=O) groups is 1. The zero-order valence-corrected chi connectivity index (χ0v) is 24.9. The Kier molecular flexibility index (Phi) is 10.7. The third-order valence-corrected chi connectivity index (χ3v) is 11.8. The van der Waals surface area contributed by atoms with Crippen LogP contribution in [0.5, 0.6) is 5.75 Å². The van der Waals surface area contributed by atoms with E-state index in [-0.39, 0.29) is 11.2 Å². The van der Waals surface area contributed by atoms with E-state index in [1.54, 1.807) is 6.07 Å². The molecule has 3 nitrogen and oxygen atoms in total. The third-order valence-electron chi connectivity index (χ3n) is 10.3. The standard InChI is InChI=1S/C32H45F5O3S/c1-30-17-15-26-25-12-11-24(38)21-23(25)20-22(29(26)27(30)13-14-28(30)39)10-7-5-3-2-4-6-8-18-41(40)19-9-16-31(33,34)32(35,36)37/h11-12,21-22,26-27,29,38H,2-10,13-20H2,1H3/t22-,26-,27+,29?,30+,41?/m1/s1. The summed E-state index contributed by atoms with van der Waals surface area (Å²) in [4.78, 5) is 12.8. The van der Waals surface area contributed by atoms with Gasteiger partial charge in [-0.25, -0.2) is 0 Å². The molecule has 1 aromatic carbocycles. The number of hydrogen-bond donors (Lipinski definition) is 1. The first-order valence-corrected chi connectivity index (χ1v) is 17.0. The molecule has 9 heteroatoms. The topological polar surface area (TPSA) is 60.4 Å². The fourth-order valence-electron chi connectivity index (χ4n) is 8.08. The lowest BCUT2D eigenvalue weighted by Crippen LogP contribution is -2.46. The van der Waals surface area contributed by atoms with Crippen molar-refractivity contribution in [3.63, 3.8) is 0 Å². The van der Waals surface area contributed by atoms with Gasteiger partial charge in [-0.15, -0.1) is 0 Å². The van der Waals surface area contributed by atoms with Crippen molar-refractivity contribution in [1.29, 1.82) is 0 Å². The van der Waals surface area contributed by atoms with E-state index < -0.39 is 36.1 Å². The Balaban J connectivity index is 1.15. The Bertz CT molecular complexity index is 1030. The molecule has 6 atom stereocenters. The Morgan fingerprint density at radius 2 is 1.63 bits per heavy atom. The van der Waals surface area contributed by atoms with Gasteiger partial charge in [0.15, 0.2) is 0 Å². The molecule has 0 aliphatic heterocycles. The third kappa shape index (κ3) is 7.60. The minimum absolute atomic E-state index is 0.118. The molecule has 0 saturated heterocycles. The number of alkyl halides is 5. The number of Topliss-reactive ketones (excluding diaryl/α,β-unsaturated/α-hetero) is 1. The van der Waals surface area contributed by atoms with Gasteiger partial charge in [-0.05, 0) is 98.3 Å². The predicted octanol–water partition coefficient (Wildman–Crippen LogP) is 8.89. The molecule has 0 bridgehead atoms. The molecule has 1 aromatic rings. The van der Waals surface area contributed by atoms with Gasteiger partial charge in [0.05, 0.1) is 0 Å². The van der Waals surface area contributed by atoms with Crippen molar-refractivity contribution < 1.29 is 36.4 Å². The summed E-state index contributed by atoms with van der Waals surface area (Å²) in [6, 6.07) is 5.86. The number of carbonyl (C=O) groups excluding carboxylic acids is 1. The van der Waals surface area contributed by atoms with Crippen LogP contribution in [0.3, 0.4) is 0 Å². The van der Waals surface area contributed by atoms with Gasteiger partial charge in [-0.1, -0.05) is 56.3 Å². The highest BCUT2D eigenvalue weighted by molar-refractivity contribution is 7.91. The SMILES string of the molecule is C[C@]12CC[C@@H]3c4ccc(O)cc4C[C@@H](CCCCCCCCC[S+]([O-])CCCC(F)(F)C(F)(F)F)C3[C@@H]1CCC2=O. The molecule has 0 heterocycles. The maximum absolute atomic E-state index is 12.9. The molecular weight excluding hydrogens is 559 g/mol. The summed E-state index contributed by atoms with van der Waals surface area (Å²) in [5.41, 5.74) is 2.48. The van der Waals surface area contributed by atoms with Gasteiger partial charge in [0.25, 0.3) is 0 Å². The lowest BCUT2D eigenvalue weighted by atomic mass is 9.52. The van der Waals surface area contributed by atoms with Crippen molar-refractivity contribution in [3.05, 3.63) is 29.3 Å². The molecule has 3 aliphatic carbocycles. The van der Waals surface area contributed by atoms with Crippen molar-refractivity contribution in [2.75, 3.05) is 11.5 Å². The maximum atomic E-state index is 12.9. The van der Waals surface area contributed by atoms with E-state index in [0.717, 1.165) is 70.6 Å². The number of unbranched alkanes of at least 4 members (excludes halogenated alkanes) is 6. The second kappa shape index (κ2) is 13.5. The first-order chi connectivity index (χ1) is 19.3. The minimum atomic E-state index is -5.55. The van der Waals surface area contributed by atoms with Crippen LogP contribution in [0.2, 0.25) is 0 Å². The quantitative estimate of drug-likeness (QED) is 0.131. The van der Waals surface area contributed by atoms with Crippen molar-refractivity contribution in [3.8, 4) is 5.75 Å². The van der Waals surface area contributed by atoms with Crippen molar-refractivity contribution in [1.82, 2.24) is 0 Å². The molecule has 0 amide bonds. The summed E-state index contributed by atoms with van der Waals surface area (Å²) in [7, 11) is 0. The molecule has 1 N–H and O–H groups in total. The van der Waals surface area contributed by atoms with Crippen LogP contribution in [0.4, 0.5) is 22.0 Å². The van der Waals surface area contributed by atoms with Gasteiger partial charge in [-0.3, -0.25) is 4.79 Å². The number of ketones is 1. The highest BCUT2D eigenvalue weighted by Crippen LogP contribution is 2.61. The van der Waals surface area contributed by atoms with E-state index in [1.807, 2.05) is 6.07 Å². The summed E-state index contributed by atoms with van der Waals surface area (Å²) in [6.45, 7) is 2.20. The summed E-state index contributed by atoms with van der Waals surface area (Å²) in [5.74, 6) is -1.74. The van der Waals surface area contributed by atoms with Crippen LogP contribution in [0.1, 0.15) is 114 Å². The van der Waals surface area contributed by atoms with E-state index in [1.165, 1.54) is 11.1 Å². The largest absolute Gasteiger partial charge is 0.616 e. The first-order valence-electron chi connectivity index (χ1n) is 15.5. The van der Waals surface area contributed by atoms with Gasteiger partial charge < -0.3 is 9.66 Å². The van der Waals surface area contributed by atoms with Crippen LogP contribution in [-0.2, 0) is 22.4 Å². The van der Waals surface area contributed by atoms with Gasteiger partial charge in [0.1, 0.15) is 23.0 Å². The van der Waals surface area contributed by atoms with Gasteiger partial charge in [0.2, 0.25) is 0 Å². The summed E-state index contributed by atoms with van der Waals surface area (Å²) in [5, 5.41) is 10.1. The highest BCUT2D eigenvalue weighted by Gasteiger charge is 2.57. The van der Waals surface area contributed by atoms with E-state index in [9.17, 15) is 36.4 Å². The Morgan fingerprint density at radius 3 is 2.34 bits per heavy atom. The molecule has 3 aliphatic rings. The maximum Gasteiger partial charge on any atom is 0.453 e. The fourth-order valence-corrected chi connectivity index (χ4v) is 9.28. The lowest BCUT2D eigenvalue weighted by Gasteiger charge is -2.51. The zero-order chi connectivity index (χ0) is 29.8. The number of halogens is 5. The van der Waals surface area contributed by atoms with E-state index >= 15 is 0 Å². The Hall–Kier alpha value is -1.35. The summed E-state index contributed by atoms with van der Waals surface area (Å²) >= 11 is -1.36. The van der Waals surface area contributed by atoms with Crippen LogP contribution in [0, 0.1) is 23.2 Å². The number of fused-ring (bicyclic) bond motifs is 5. The molecule has 0 spiro atoms. The second-order valence-corrected chi connectivity index (χ2v) is 14.7. The zero-order valence-electron chi connectivity index (χ0n) is 24.1. The molecule has 4 rings (SSSR count). The van der Waals surface area contributed by atoms with Gasteiger partial charge in [-0.2, -0.15) is 22.0 Å². The van der Waals surface area contributed by atoms with Crippen LogP contribution in [0.15, 0.2) is 18.2 Å². The molecule has 2 saturated carbocycles. The second-order valence-electron chi connectivity index (χ2n) is 13.0. The smallest absolute Gasteiger partial charge is 0.453 e. The van der Waals surface area contributed by atoms with Crippen molar-refractivity contribution in [2.24, 2.45) is 23.2 Å². The average molecular weight is 605 g/mol. The van der Waals surface area contributed by atoms with E-state index in [0.29, 0.717) is 53.8 Å². The number of aromatic hydroxyl groups is 1. The molecular formula is C32H45F5O3S. The Labute approximate surface area is 244 Å².